The van der Waals surface area contributed by atoms with Gasteiger partial charge in [-0.1, -0.05) is 54.2 Å². The number of aryl methyl sites for hydroxylation is 1. The van der Waals surface area contributed by atoms with E-state index in [2.05, 4.69) is 15.3 Å². The summed E-state index contributed by atoms with van der Waals surface area (Å²) in [5, 5.41) is 14.7. The van der Waals surface area contributed by atoms with Gasteiger partial charge in [-0.15, -0.1) is 10.2 Å². The maximum Gasteiger partial charge on any atom is 0.253 e. The topological polar surface area (TPSA) is 98.6 Å². The van der Waals surface area contributed by atoms with Crippen LogP contribution in [0, 0.1) is 6.92 Å². The Kier molecular flexibility index (Phi) is 5.71. The second-order valence-electron chi connectivity index (χ2n) is 6.83. The summed E-state index contributed by atoms with van der Waals surface area (Å²) in [6, 6.07) is 17.5. The van der Waals surface area contributed by atoms with Crippen LogP contribution in [0.2, 0.25) is 0 Å². The lowest BCUT2D eigenvalue weighted by molar-refractivity contribution is -0.130. The van der Waals surface area contributed by atoms with E-state index < -0.39 is 0 Å². The molecule has 2 N–H and O–H groups in total. The molecule has 3 aromatic rings. The smallest absolute Gasteiger partial charge is 0.253 e. The van der Waals surface area contributed by atoms with Crippen molar-refractivity contribution in [1.29, 1.82) is 0 Å². The molecular formula is C21H22N6O2S. The number of methoxy groups -OCH3 is 1. The number of hydrogen-bond acceptors (Lipinski definition) is 7. The van der Waals surface area contributed by atoms with Crippen LogP contribution in [0.1, 0.15) is 29.4 Å². The van der Waals surface area contributed by atoms with Gasteiger partial charge in [0.1, 0.15) is 11.6 Å². The van der Waals surface area contributed by atoms with E-state index in [4.69, 9.17) is 10.6 Å². The number of rotatable bonds is 6. The van der Waals surface area contributed by atoms with E-state index in [1.807, 2.05) is 54.6 Å². The molecule has 1 aromatic heterocycles. The zero-order valence-corrected chi connectivity index (χ0v) is 17.5. The first kappa shape index (κ1) is 20.0. The molecule has 0 saturated carbocycles. The van der Waals surface area contributed by atoms with Gasteiger partial charge in [-0.2, -0.15) is 5.10 Å². The van der Waals surface area contributed by atoms with Gasteiger partial charge in [-0.05, 0) is 30.2 Å². The van der Waals surface area contributed by atoms with E-state index in [1.165, 1.54) is 16.4 Å². The standard InChI is InChI=1S/C21H22N6O2S/c1-14-23-24-21(26(14)22)30-13-20(28)27-19(16-8-10-17(29-2)11-9-16)12-18(25-27)15-6-4-3-5-7-15/h3-11,19H,12-13,22H2,1-2H3. The molecule has 2 aromatic carbocycles. The highest BCUT2D eigenvalue weighted by Gasteiger charge is 2.33. The maximum absolute atomic E-state index is 13.1. The SMILES string of the molecule is COc1ccc(C2CC(c3ccccc3)=NN2C(=O)CSc2nnc(C)n2N)cc1. The van der Waals surface area contributed by atoms with Gasteiger partial charge in [0.05, 0.1) is 24.6 Å². The summed E-state index contributed by atoms with van der Waals surface area (Å²) in [7, 11) is 1.63. The Morgan fingerprint density at radius 3 is 2.53 bits per heavy atom. The van der Waals surface area contributed by atoms with Crippen molar-refractivity contribution in [1.82, 2.24) is 19.9 Å². The predicted octanol–water partition coefficient (Wildman–Crippen LogP) is 2.78. The number of nitrogens with zero attached hydrogens (tertiary/aromatic N) is 5. The largest absolute Gasteiger partial charge is 0.497 e. The second kappa shape index (κ2) is 8.58. The van der Waals surface area contributed by atoms with E-state index in [-0.39, 0.29) is 17.7 Å². The number of hydrogen-bond donors (Lipinski definition) is 1. The van der Waals surface area contributed by atoms with Crippen LogP contribution in [0.15, 0.2) is 64.9 Å². The molecule has 1 atom stereocenters. The molecule has 0 radical (unpaired) electrons. The van der Waals surface area contributed by atoms with E-state index in [0.29, 0.717) is 17.4 Å². The Hall–Kier alpha value is -3.33. The maximum atomic E-state index is 13.1. The minimum Gasteiger partial charge on any atom is -0.497 e. The van der Waals surface area contributed by atoms with Gasteiger partial charge in [-0.25, -0.2) is 9.69 Å². The third-order valence-corrected chi connectivity index (χ3v) is 5.86. The zero-order valence-electron chi connectivity index (χ0n) is 16.7. The van der Waals surface area contributed by atoms with Crippen LogP contribution in [-0.2, 0) is 4.79 Å². The average molecular weight is 423 g/mol. The van der Waals surface area contributed by atoms with Gasteiger partial charge in [0.2, 0.25) is 5.16 Å². The Labute approximate surface area is 178 Å². The van der Waals surface area contributed by atoms with Crippen LogP contribution in [0.3, 0.4) is 0 Å². The summed E-state index contributed by atoms with van der Waals surface area (Å²) in [6.45, 7) is 1.76. The Morgan fingerprint density at radius 2 is 1.90 bits per heavy atom. The fourth-order valence-electron chi connectivity index (χ4n) is 3.27. The summed E-state index contributed by atoms with van der Waals surface area (Å²) >= 11 is 1.25. The number of carbonyl (C=O) groups excluding carboxylic acids is 1. The van der Waals surface area contributed by atoms with E-state index in [1.54, 1.807) is 19.0 Å². The van der Waals surface area contributed by atoms with Crippen LogP contribution in [0.5, 0.6) is 5.75 Å². The summed E-state index contributed by atoms with van der Waals surface area (Å²) in [5.74, 6) is 7.29. The highest BCUT2D eigenvalue weighted by molar-refractivity contribution is 7.99. The Morgan fingerprint density at radius 1 is 1.17 bits per heavy atom. The number of carbonyl (C=O) groups is 1. The van der Waals surface area contributed by atoms with Crippen molar-refractivity contribution >= 4 is 23.4 Å². The highest BCUT2D eigenvalue weighted by Crippen LogP contribution is 2.34. The lowest BCUT2D eigenvalue weighted by Crippen LogP contribution is -2.28. The second-order valence-corrected chi connectivity index (χ2v) is 7.78. The molecule has 30 heavy (non-hydrogen) atoms. The quantitative estimate of drug-likeness (QED) is 0.484. The molecule has 2 heterocycles. The van der Waals surface area contributed by atoms with Crippen molar-refractivity contribution < 1.29 is 9.53 Å². The lowest BCUT2D eigenvalue weighted by Gasteiger charge is -2.22. The molecular weight excluding hydrogens is 400 g/mol. The van der Waals surface area contributed by atoms with Crippen LogP contribution >= 0.6 is 11.8 Å². The zero-order chi connectivity index (χ0) is 21.1. The van der Waals surface area contributed by atoms with Crippen LogP contribution < -0.4 is 10.6 Å². The number of benzene rings is 2. The third kappa shape index (κ3) is 4.02. The molecule has 0 spiro atoms. The summed E-state index contributed by atoms with van der Waals surface area (Å²) in [5.41, 5.74) is 2.89. The minimum atomic E-state index is -0.184. The molecule has 154 valence electrons. The summed E-state index contributed by atoms with van der Waals surface area (Å²) in [6.07, 6.45) is 0.638. The molecule has 0 saturated heterocycles. The molecule has 0 aliphatic carbocycles. The van der Waals surface area contributed by atoms with Gasteiger partial charge >= 0.3 is 0 Å². The van der Waals surface area contributed by atoms with Gasteiger partial charge in [-0.3, -0.25) is 4.79 Å². The first-order chi connectivity index (χ1) is 14.6. The average Bonchev–Trinajstić information content (AvgIpc) is 3.37. The number of nitrogen functional groups attached to an aromatic ring is 1. The number of amides is 1. The van der Waals surface area contributed by atoms with Gasteiger partial charge in [0.25, 0.3) is 5.91 Å². The van der Waals surface area contributed by atoms with Crippen molar-refractivity contribution in [2.45, 2.75) is 24.5 Å². The minimum absolute atomic E-state index is 0.118. The van der Waals surface area contributed by atoms with Crippen molar-refractivity contribution in [3.8, 4) is 5.75 Å². The summed E-state index contributed by atoms with van der Waals surface area (Å²) < 4.78 is 6.63. The Balaban J connectivity index is 1.58. The van der Waals surface area contributed by atoms with Crippen LogP contribution in [0.4, 0.5) is 0 Å². The molecule has 8 nitrogen and oxygen atoms in total. The van der Waals surface area contributed by atoms with Gasteiger partial charge in [0.15, 0.2) is 0 Å². The van der Waals surface area contributed by atoms with E-state index in [0.717, 1.165) is 22.6 Å². The molecule has 4 rings (SSSR count). The van der Waals surface area contributed by atoms with Gasteiger partial charge < -0.3 is 10.6 Å². The highest BCUT2D eigenvalue weighted by atomic mass is 32.2. The molecule has 1 unspecified atom stereocenters. The molecule has 0 fully saturated rings. The Bertz CT molecular complexity index is 1060. The van der Waals surface area contributed by atoms with Crippen LogP contribution in [-0.4, -0.2) is 44.4 Å². The molecule has 1 aliphatic rings. The summed E-state index contributed by atoms with van der Waals surface area (Å²) in [4.78, 5) is 13.1. The predicted molar refractivity (Wildman–Crippen MR) is 116 cm³/mol. The molecule has 0 bridgehead atoms. The van der Waals surface area contributed by atoms with Crippen molar-refractivity contribution in [2.75, 3.05) is 18.7 Å². The molecule has 9 heteroatoms. The fraction of sp³-hybridized carbons (Fsp3) is 0.238. The fourth-order valence-corrected chi connectivity index (χ4v) is 4.03. The lowest BCUT2D eigenvalue weighted by atomic mass is 9.98. The number of ether oxygens (including phenoxy) is 1. The first-order valence-electron chi connectivity index (χ1n) is 9.45. The number of nitrogens with two attached hydrogens (primary N) is 1. The third-order valence-electron chi connectivity index (χ3n) is 4.93. The van der Waals surface area contributed by atoms with Crippen molar-refractivity contribution in [3.05, 3.63) is 71.5 Å². The first-order valence-corrected chi connectivity index (χ1v) is 10.4. The molecule has 1 amide bonds. The van der Waals surface area contributed by atoms with E-state index in [9.17, 15) is 4.79 Å². The van der Waals surface area contributed by atoms with Crippen molar-refractivity contribution in [2.24, 2.45) is 5.10 Å². The number of aromatic nitrogens is 3. The van der Waals surface area contributed by atoms with Gasteiger partial charge in [0, 0.05) is 6.42 Å². The van der Waals surface area contributed by atoms with Crippen molar-refractivity contribution in [3.63, 3.8) is 0 Å². The molecule has 1 aliphatic heterocycles. The monoisotopic (exact) mass is 422 g/mol. The van der Waals surface area contributed by atoms with Crippen LogP contribution in [0.25, 0.3) is 0 Å². The number of thioether (sulfide) groups is 1. The number of hydrazone groups is 1. The van der Waals surface area contributed by atoms with E-state index >= 15 is 0 Å². The normalized spacial score (nSPS) is 15.9.